The Bertz CT molecular complexity index is 432. The second-order valence-electron chi connectivity index (χ2n) is 4.35. The first-order chi connectivity index (χ1) is 6.82. The van der Waals surface area contributed by atoms with Crippen LogP contribution in [0.1, 0.15) is 20.8 Å². The van der Waals surface area contributed by atoms with Crippen LogP contribution in [-0.2, 0) is 11.3 Å². The Balaban J connectivity index is 2.97. The third kappa shape index (κ3) is 2.99. The van der Waals surface area contributed by atoms with E-state index in [1.165, 1.54) is 17.1 Å². The lowest BCUT2D eigenvalue weighted by Crippen LogP contribution is -2.31. The molecule has 1 rings (SSSR count). The summed E-state index contributed by atoms with van der Waals surface area (Å²) in [6.07, 6.45) is 2.79. The van der Waals surface area contributed by atoms with Crippen LogP contribution in [0.25, 0.3) is 0 Å². The topological polar surface area (TPSA) is 52.0 Å². The number of halogens is 1. The van der Waals surface area contributed by atoms with Crippen LogP contribution in [0.3, 0.4) is 0 Å². The van der Waals surface area contributed by atoms with E-state index >= 15 is 0 Å². The number of carbonyl (C=O) groups is 1. The largest absolute Gasteiger partial charge is 0.297 e. The monoisotopic (exact) mass is 272 g/mol. The highest BCUT2D eigenvalue weighted by molar-refractivity contribution is 9.10. The second kappa shape index (κ2) is 4.26. The molecule has 1 heterocycles. The highest BCUT2D eigenvalue weighted by Gasteiger charge is 2.21. The Morgan fingerprint density at radius 3 is 2.67 bits per heavy atom. The molecule has 0 saturated carbocycles. The summed E-state index contributed by atoms with van der Waals surface area (Å²) in [6.45, 7) is 5.54. The van der Waals surface area contributed by atoms with Crippen molar-refractivity contribution in [3.05, 3.63) is 27.4 Å². The third-order valence-corrected chi connectivity index (χ3v) is 2.55. The van der Waals surface area contributed by atoms with Crippen LogP contribution in [0.2, 0.25) is 0 Å². The van der Waals surface area contributed by atoms with Crippen molar-refractivity contribution in [2.24, 2.45) is 5.41 Å². The zero-order valence-corrected chi connectivity index (χ0v) is 10.5. The first-order valence-corrected chi connectivity index (χ1v) is 5.35. The standard InChI is InChI=1S/C10H13BrN2O2/c1-10(2,3)8(14)5-13-6-12-4-7(11)9(13)15/h4,6H,5H2,1-3H3. The molecule has 0 radical (unpaired) electrons. The van der Waals surface area contributed by atoms with Gasteiger partial charge in [0.25, 0.3) is 5.56 Å². The minimum atomic E-state index is -0.443. The van der Waals surface area contributed by atoms with Crippen LogP contribution in [-0.4, -0.2) is 15.3 Å². The highest BCUT2D eigenvalue weighted by atomic mass is 79.9. The van der Waals surface area contributed by atoms with E-state index in [9.17, 15) is 9.59 Å². The minimum Gasteiger partial charge on any atom is -0.297 e. The molecule has 0 aromatic carbocycles. The molecule has 1 aromatic rings. The first-order valence-electron chi connectivity index (χ1n) is 4.55. The van der Waals surface area contributed by atoms with Crippen molar-refractivity contribution >= 4 is 21.7 Å². The molecule has 0 fully saturated rings. The van der Waals surface area contributed by atoms with Crippen molar-refractivity contribution in [1.82, 2.24) is 9.55 Å². The number of hydrogen-bond donors (Lipinski definition) is 0. The number of hydrogen-bond acceptors (Lipinski definition) is 3. The average Bonchev–Trinajstić information content (AvgIpc) is 2.11. The summed E-state index contributed by atoms with van der Waals surface area (Å²) >= 11 is 3.08. The van der Waals surface area contributed by atoms with Gasteiger partial charge < -0.3 is 0 Å². The Hall–Kier alpha value is -0.970. The SMILES string of the molecule is CC(C)(C)C(=O)Cn1cncc(Br)c1=O. The molecule has 0 amide bonds. The summed E-state index contributed by atoms with van der Waals surface area (Å²) in [6, 6.07) is 0. The summed E-state index contributed by atoms with van der Waals surface area (Å²) in [7, 11) is 0. The van der Waals surface area contributed by atoms with Gasteiger partial charge in [-0.05, 0) is 15.9 Å². The Morgan fingerprint density at radius 2 is 2.13 bits per heavy atom. The molecule has 82 valence electrons. The van der Waals surface area contributed by atoms with Gasteiger partial charge in [0.15, 0.2) is 5.78 Å². The van der Waals surface area contributed by atoms with Gasteiger partial charge in [0.1, 0.15) is 4.47 Å². The van der Waals surface area contributed by atoms with Crippen molar-refractivity contribution < 1.29 is 4.79 Å². The van der Waals surface area contributed by atoms with Crippen LogP contribution >= 0.6 is 15.9 Å². The van der Waals surface area contributed by atoms with E-state index in [0.717, 1.165) is 0 Å². The van der Waals surface area contributed by atoms with Gasteiger partial charge in [-0.1, -0.05) is 20.8 Å². The van der Waals surface area contributed by atoms with E-state index in [0.29, 0.717) is 4.47 Å². The predicted octanol–water partition coefficient (Wildman–Crippen LogP) is 1.62. The Labute approximate surface area is 96.5 Å². The number of aromatic nitrogens is 2. The summed E-state index contributed by atoms with van der Waals surface area (Å²) in [5, 5.41) is 0. The van der Waals surface area contributed by atoms with Gasteiger partial charge in [-0.15, -0.1) is 0 Å². The summed E-state index contributed by atoms with van der Waals surface area (Å²) in [5.41, 5.74) is -0.676. The van der Waals surface area contributed by atoms with Gasteiger partial charge in [0.05, 0.1) is 12.9 Å². The zero-order valence-electron chi connectivity index (χ0n) is 8.95. The summed E-state index contributed by atoms with van der Waals surface area (Å²) in [5.74, 6) is 0.00417. The molecule has 0 aliphatic carbocycles. The van der Waals surface area contributed by atoms with Gasteiger partial charge >= 0.3 is 0 Å². The minimum absolute atomic E-state index is 0.00417. The van der Waals surface area contributed by atoms with Crippen molar-refractivity contribution in [2.75, 3.05) is 0 Å². The molecule has 0 atom stereocenters. The fourth-order valence-corrected chi connectivity index (χ4v) is 1.27. The Morgan fingerprint density at radius 1 is 1.53 bits per heavy atom. The fraction of sp³-hybridized carbons (Fsp3) is 0.500. The molecular formula is C10H13BrN2O2. The van der Waals surface area contributed by atoms with E-state index in [-0.39, 0.29) is 17.9 Å². The van der Waals surface area contributed by atoms with Gasteiger partial charge in [-0.3, -0.25) is 14.2 Å². The molecule has 0 unspecified atom stereocenters. The van der Waals surface area contributed by atoms with Crippen molar-refractivity contribution in [2.45, 2.75) is 27.3 Å². The van der Waals surface area contributed by atoms with Crippen molar-refractivity contribution in [1.29, 1.82) is 0 Å². The second-order valence-corrected chi connectivity index (χ2v) is 5.20. The lowest BCUT2D eigenvalue weighted by molar-refractivity contribution is -0.126. The van der Waals surface area contributed by atoms with Gasteiger partial charge in [0, 0.05) is 11.6 Å². The van der Waals surface area contributed by atoms with Crippen LogP contribution in [0, 0.1) is 5.41 Å². The molecule has 15 heavy (non-hydrogen) atoms. The molecule has 0 bridgehead atoms. The van der Waals surface area contributed by atoms with Crippen molar-refractivity contribution in [3.63, 3.8) is 0 Å². The zero-order chi connectivity index (χ0) is 11.6. The number of rotatable bonds is 2. The normalized spacial score (nSPS) is 11.5. The molecule has 0 N–H and O–H groups in total. The molecule has 0 saturated heterocycles. The number of ketones is 1. The molecule has 0 aliphatic heterocycles. The van der Waals surface area contributed by atoms with E-state index in [1.807, 2.05) is 20.8 Å². The van der Waals surface area contributed by atoms with E-state index in [4.69, 9.17) is 0 Å². The van der Waals surface area contributed by atoms with Gasteiger partial charge in [0.2, 0.25) is 0 Å². The lowest BCUT2D eigenvalue weighted by atomic mass is 9.91. The Kier molecular flexibility index (Phi) is 3.44. The van der Waals surface area contributed by atoms with E-state index in [1.54, 1.807) is 0 Å². The molecule has 5 heteroatoms. The van der Waals surface area contributed by atoms with Crippen LogP contribution in [0.5, 0.6) is 0 Å². The molecule has 4 nitrogen and oxygen atoms in total. The quantitative estimate of drug-likeness (QED) is 0.822. The predicted molar refractivity (Wildman–Crippen MR) is 60.7 cm³/mol. The number of nitrogens with zero attached hydrogens (tertiary/aromatic N) is 2. The first kappa shape index (κ1) is 12.1. The molecule has 0 aliphatic rings. The third-order valence-electron chi connectivity index (χ3n) is 2.01. The van der Waals surface area contributed by atoms with E-state index < -0.39 is 5.41 Å². The average molecular weight is 273 g/mol. The smallest absolute Gasteiger partial charge is 0.268 e. The lowest BCUT2D eigenvalue weighted by Gasteiger charge is -2.16. The van der Waals surface area contributed by atoms with E-state index in [2.05, 4.69) is 20.9 Å². The van der Waals surface area contributed by atoms with Crippen LogP contribution < -0.4 is 5.56 Å². The maximum absolute atomic E-state index is 11.7. The number of carbonyl (C=O) groups excluding carboxylic acids is 1. The molecule has 0 spiro atoms. The fourth-order valence-electron chi connectivity index (χ4n) is 0.929. The molecular weight excluding hydrogens is 260 g/mol. The summed E-state index contributed by atoms with van der Waals surface area (Å²) < 4.78 is 1.67. The summed E-state index contributed by atoms with van der Waals surface area (Å²) in [4.78, 5) is 27.1. The maximum atomic E-state index is 11.7. The molecule has 1 aromatic heterocycles. The van der Waals surface area contributed by atoms with Crippen molar-refractivity contribution in [3.8, 4) is 0 Å². The van der Waals surface area contributed by atoms with Crippen LogP contribution in [0.15, 0.2) is 21.8 Å². The van der Waals surface area contributed by atoms with Gasteiger partial charge in [-0.2, -0.15) is 0 Å². The number of Topliss-reactive ketones (excluding diaryl/α,β-unsaturated/α-hetero) is 1. The van der Waals surface area contributed by atoms with Gasteiger partial charge in [-0.25, -0.2) is 4.98 Å². The highest BCUT2D eigenvalue weighted by Crippen LogP contribution is 2.15. The maximum Gasteiger partial charge on any atom is 0.268 e. The van der Waals surface area contributed by atoms with Crippen LogP contribution in [0.4, 0.5) is 0 Å².